The first-order valence-corrected chi connectivity index (χ1v) is 6.57. The van der Waals surface area contributed by atoms with Gasteiger partial charge in [0, 0.05) is 5.56 Å². The second-order valence-electron chi connectivity index (χ2n) is 4.58. The third-order valence-electron chi connectivity index (χ3n) is 2.91. The number of rotatable bonds is 6. The standard InChI is InChI=1S/C16H19NO3/c1-4-9-17-15(18)13-7-6-8-14(10-13)16(19)20-11-12(3)5-2/h1,6-8,10,12H,5,9,11H2,2-3H3,(H,17,18)/t12-/m0/s1. The lowest BCUT2D eigenvalue weighted by Gasteiger charge is -2.10. The van der Waals surface area contributed by atoms with Gasteiger partial charge in [0.05, 0.1) is 18.7 Å². The maximum absolute atomic E-state index is 11.9. The van der Waals surface area contributed by atoms with Crippen molar-refractivity contribution in [1.82, 2.24) is 5.32 Å². The highest BCUT2D eigenvalue weighted by molar-refractivity contribution is 5.98. The maximum atomic E-state index is 11.9. The Bertz CT molecular complexity index is 517. The van der Waals surface area contributed by atoms with Gasteiger partial charge in [0.1, 0.15) is 0 Å². The number of esters is 1. The molecule has 1 amide bonds. The number of terminal acetylenes is 1. The summed E-state index contributed by atoms with van der Waals surface area (Å²) >= 11 is 0. The van der Waals surface area contributed by atoms with Gasteiger partial charge in [-0.2, -0.15) is 0 Å². The molecule has 0 fully saturated rings. The van der Waals surface area contributed by atoms with Crippen LogP contribution in [0.5, 0.6) is 0 Å². The molecule has 1 rings (SSSR count). The molecule has 4 heteroatoms. The van der Waals surface area contributed by atoms with Gasteiger partial charge in [-0.05, 0) is 24.1 Å². The van der Waals surface area contributed by atoms with Crippen LogP contribution < -0.4 is 5.32 Å². The van der Waals surface area contributed by atoms with E-state index in [1.165, 1.54) is 6.07 Å². The highest BCUT2D eigenvalue weighted by Crippen LogP contribution is 2.09. The fraction of sp³-hybridized carbons (Fsp3) is 0.375. The van der Waals surface area contributed by atoms with E-state index in [0.29, 0.717) is 23.7 Å². The fourth-order valence-electron chi connectivity index (χ4n) is 1.44. The highest BCUT2D eigenvalue weighted by atomic mass is 16.5. The molecule has 4 nitrogen and oxygen atoms in total. The zero-order valence-corrected chi connectivity index (χ0v) is 11.8. The lowest BCUT2D eigenvalue weighted by atomic mass is 10.1. The van der Waals surface area contributed by atoms with Crippen LogP contribution in [-0.2, 0) is 4.74 Å². The molecule has 20 heavy (non-hydrogen) atoms. The Balaban J connectivity index is 2.70. The third kappa shape index (κ3) is 4.77. The predicted octanol–water partition coefficient (Wildman–Crippen LogP) is 2.25. The lowest BCUT2D eigenvalue weighted by Crippen LogP contribution is -2.23. The van der Waals surface area contributed by atoms with Crippen LogP contribution in [0.4, 0.5) is 0 Å². The summed E-state index contributed by atoms with van der Waals surface area (Å²) in [6.07, 6.45) is 6.02. The van der Waals surface area contributed by atoms with E-state index >= 15 is 0 Å². The molecule has 0 aliphatic carbocycles. The number of hydrogen-bond donors (Lipinski definition) is 1. The van der Waals surface area contributed by atoms with E-state index in [1.807, 2.05) is 13.8 Å². The van der Waals surface area contributed by atoms with Crippen LogP contribution in [-0.4, -0.2) is 25.0 Å². The predicted molar refractivity (Wildman–Crippen MR) is 77.3 cm³/mol. The molecule has 0 aliphatic heterocycles. The third-order valence-corrected chi connectivity index (χ3v) is 2.91. The molecule has 106 valence electrons. The minimum Gasteiger partial charge on any atom is -0.462 e. The van der Waals surface area contributed by atoms with Crippen LogP contribution in [0.25, 0.3) is 0 Å². The smallest absolute Gasteiger partial charge is 0.338 e. The van der Waals surface area contributed by atoms with Crippen molar-refractivity contribution >= 4 is 11.9 Å². The van der Waals surface area contributed by atoms with E-state index in [0.717, 1.165) is 6.42 Å². The van der Waals surface area contributed by atoms with E-state index in [2.05, 4.69) is 11.2 Å². The van der Waals surface area contributed by atoms with Crippen LogP contribution in [0.3, 0.4) is 0 Å². The summed E-state index contributed by atoms with van der Waals surface area (Å²) in [4.78, 5) is 23.6. The van der Waals surface area contributed by atoms with E-state index < -0.39 is 5.97 Å². The van der Waals surface area contributed by atoms with Crippen molar-refractivity contribution in [2.24, 2.45) is 5.92 Å². The molecule has 1 aromatic rings. The number of benzene rings is 1. The molecule has 0 saturated carbocycles. The van der Waals surface area contributed by atoms with Crippen molar-refractivity contribution in [3.05, 3.63) is 35.4 Å². The number of carbonyl (C=O) groups is 2. The topological polar surface area (TPSA) is 55.4 Å². The molecule has 0 radical (unpaired) electrons. The average Bonchev–Trinajstić information content (AvgIpc) is 2.49. The molecule has 0 spiro atoms. The Morgan fingerprint density at radius 3 is 2.75 bits per heavy atom. The van der Waals surface area contributed by atoms with E-state index in [9.17, 15) is 9.59 Å². The van der Waals surface area contributed by atoms with Gasteiger partial charge in [0.25, 0.3) is 5.91 Å². The monoisotopic (exact) mass is 273 g/mol. The Morgan fingerprint density at radius 1 is 1.40 bits per heavy atom. The molecular weight excluding hydrogens is 254 g/mol. The van der Waals surface area contributed by atoms with E-state index in [-0.39, 0.29) is 12.5 Å². The SMILES string of the molecule is C#CCNC(=O)c1cccc(C(=O)OC[C@@H](C)CC)c1. The second-order valence-corrected chi connectivity index (χ2v) is 4.58. The van der Waals surface area contributed by atoms with Crippen LogP contribution in [0.15, 0.2) is 24.3 Å². The molecule has 1 aromatic carbocycles. The largest absolute Gasteiger partial charge is 0.462 e. The van der Waals surface area contributed by atoms with Gasteiger partial charge < -0.3 is 10.1 Å². The zero-order chi connectivity index (χ0) is 15.0. The molecule has 0 heterocycles. The summed E-state index contributed by atoms with van der Waals surface area (Å²) in [6, 6.07) is 6.39. The molecule has 0 aromatic heterocycles. The molecule has 1 N–H and O–H groups in total. The zero-order valence-electron chi connectivity index (χ0n) is 11.8. The van der Waals surface area contributed by atoms with Crippen molar-refractivity contribution in [2.75, 3.05) is 13.2 Å². The van der Waals surface area contributed by atoms with Crippen molar-refractivity contribution in [3.63, 3.8) is 0 Å². The Labute approximate surface area is 119 Å². The van der Waals surface area contributed by atoms with Crippen molar-refractivity contribution in [3.8, 4) is 12.3 Å². The van der Waals surface area contributed by atoms with Crippen LogP contribution in [0.2, 0.25) is 0 Å². The van der Waals surface area contributed by atoms with Gasteiger partial charge >= 0.3 is 5.97 Å². The molecule has 0 aliphatic rings. The van der Waals surface area contributed by atoms with Crippen molar-refractivity contribution in [1.29, 1.82) is 0 Å². The van der Waals surface area contributed by atoms with Gasteiger partial charge in [-0.3, -0.25) is 4.79 Å². The molecule has 0 saturated heterocycles. The first-order chi connectivity index (χ1) is 9.58. The normalized spacial score (nSPS) is 11.2. The first-order valence-electron chi connectivity index (χ1n) is 6.57. The van der Waals surface area contributed by atoms with Gasteiger partial charge in [0.2, 0.25) is 0 Å². The summed E-state index contributed by atoms with van der Waals surface area (Å²) < 4.78 is 5.19. The number of ether oxygens (including phenoxy) is 1. The minimum absolute atomic E-state index is 0.154. The summed E-state index contributed by atoms with van der Waals surface area (Å²) in [7, 11) is 0. The molecule has 0 unspecified atom stereocenters. The summed E-state index contributed by atoms with van der Waals surface area (Å²) in [5.74, 6) is 1.92. The number of nitrogens with one attached hydrogen (secondary N) is 1. The second kappa shape index (κ2) is 8.00. The summed E-state index contributed by atoms with van der Waals surface area (Å²) in [5.41, 5.74) is 0.750. The van der Waals surface area contributed by atoms with E-state index in [4.69, 9.17) is 11.2 Å². The quantitative estimate of drug-likeness (QED) is 0.639. The molecular formula is C16H19NO3. The maximum Gasteiger partial charge on any atom is 0.338 e. The van der Waals surface area contributed by atoms with Gasteiger partial charge in [-0.15, -0.1) is 6.42 Å². The summed E-state index contributed by atoms with van der Waals surface area (Å²) in [5, 5.41) is 2.55. The number of hydrogen-bond acceptors (Lipinski definition) is 3. The number of carbonyl (C=O) groups excluding carboxylic acids is 2. The number of amides is 1. The average molecular weight is 273 g/mol. The van der Waals surface area contributed by atoms with Gasteiger partial charge in [0.15, 0.2) is 0 Å². The van der Waals surface area contributed by atoms with Crippen LogP contribution in [0, 0.1) is 18.3 Å². The first kappa shape index (κ1) is 15.8. The van der Waals surface area contributed by atoms with Crippen molar-refractivity contribution in [2.45, 2.75) is 20.3 Å². The van der Waals surface area contributed by atoms with Crippen LogP contribution in [0.1, 0.15) is 41.0 Å². The molecule has 1 atom stereocenters. The van der Waals surface area contributed by atoms with Crippen LogP contribution >= 0.6 is 0 Å². The Kier molecular flexibility index (Phi) is 6.31. The Morgan fingerprint density at radius 2 is 2.10 bits per heavy atom. The van der Waals surface area contributed by atoms with Crippen molar-refractivity contribution < 1.29 is 14.3 Å². The minimum atomic E-state index is -0.420. The molecule has 0 bridgehead atoms. The fourth-order valence-corrected chi connectivity index (χ4v) is 1.44. The summed E-state index contributed by atoms with van der Waals surface area (Å²) in [6.45, 7) is 4.58. The Hall–Kier alpha value is -2.28. The highest BCUT2D eigenvalue weighted by Gasteiger charge is 2.12. The van der Waals surface area contributed by atoms with E-state index in [1.54, 1.807) is 18.2 Å². The van der Waals surface area contributed by atoms with Gasteiger partial charge in [-0.1, -0.05) is 32.3 Å². The lowest BCUT2D eigenvalue weighted by molar-refractivity contribution is 0.0447. The van der Waals surface area contributed by atoms with Gasteiger partial charge in [-0.25, -0.2) is 4.79 Å².